The monoisotopic (exact) mass is 244 g/mol. The minimum Gasteiger partial charge on any atom is -0.271 e. The van der Waals surface area contributed by atoms with Crippen LogP contribution in [0.25, 0.3) is 0 Å². The van der Waals surface area contributed by atoms with Crippen molar-refractivity contribution in [2.24, 2.45) is 11.8 Å². The van der Waals surface area contributed by atoms with Gasteiger partial charge in [0.1, 0.15) is 0 Å². The third-order valence-electron chi connectivity index (χ3n) is 3.23. The van der Waals surface area contributed by atoms with Gasteiger partial charge in [-0.3, -0.25) is 11.3 Å². The normalized spacial score (nSPS) is 20.4. The molecule has 15 heavy (non-hydrogen) atoms. The zero-order valence-electron chi connectivity index (χ0n) is 8.71. The smallest absolute Gasteiger partial charge is 0.0596 e. The van der Waals surface area contributed by atoms with Gasteiger partial charge in [-0.1, -0.05) is 30.9 Å². The average Bonchev–Trinajstić information content (AvgIpc) is 2.68. The maximum Gasteiger partial charge on any atom is 0.0596 e. The fourth-order valence-corrected chi connectivity index (χ4v) is 3.75. The molecular formula is C11H17ClN2S. The van der Waals surface area contributed by atoms with E-state index in [9.17, 15) is 0 Å². The molecular weight excluding hydrogens is 228 g/mol. The third kappa shape index (κ3) is 2.53. The van der Waals surface area contributed by atoms with E-state index in [2.05, 4.69) is 5.43 Å². The zero-order valence-corrected chi connectivity index (χ0v) is 10.3. The molecule has 1 aliphatic rings. The second-order valence-corrected chi connectivity index (χ2v) is 5.53. The van der Waals surface area contributed by atoms with E-state index in [1.165, 1.54) is 37.0 Å². The standard InChI is InChI=1S/C11H17ClN2S/c12-9-6-7-15-11(9)10(14-13)8-4-2-1-3-5-8/h6-8,10,14H,1-5,13H2. The Morgan fingerprint density at radius 3 is 2.67 bits per heavy atom. The highest BCUT2D eigenvalue weighted by molar-refractivity contribution is 7.10. The number of hydrogen-bond donors (Lipinski definition) is 2. The molecule has 4 heteroatoms. The van der Waals surface area contributed by atoms with Gasteiger partial charge in [-0.05, 0) is 30.2 Å². The van der Waals surface area contributed by atoms with E-state index in [1.807, 2.05) is 11.4 Å². The summed E-state index contributed by atoms with van der Waals surface area (Å²) in [5, 5.41) is 2.89. The maximum atomic E-state index is 6.15. The van der Waals surface area contributed by atoms with Crippen molar-refractivity contribution in [3.63, 3.8) is 0 Å². The molecule has 84 valence electrons. The van der Waals surface area contributed by atoms with Gasteiger partial charge in [0.2, 0.25) is 0 Å². The highest BCUT2D eigenvalue weighted by Crippen LogP contribution is 2.38. The lowest BCUT2D eigenvalue weighted by atomic mass is 9.83. The quantitative estimate of drug-likeness (QED) is 0.631. The molecule has 0 aromatic carbocycles. The van der Waals surface area contributed by atoms with Gasteiger partial charge >= 0.3 is 0 Å². The number of halogens is 1. The summed E-state index contributed by atoms with van der Waals surface area (Å²) in [5.74, 6) is 6.31. The second-order valence-electron chi connectivity index (χ2n) is 4.18. The Morgan fingerprint density at radius 1 is 1.40 bits per heavy atom. The SMILES string of the molecule is NNC(c1sccc1Cl)C1CCCCC1. The highest BCUT2D eigenvalue weighted by atomic mass is 35.5. The topological polar surface area (TPSA) is 38.0 Å². The van der Waals surface area contributed by atoms with E-state index in [1.54, 1.807) is 11.3 Å². The zero-order chi connectivity index (χ0) is 10.7. The van der Waals surface area contributed by atoms with Crippen LogP contribution in [-0.2, 0) is 0 Å². The van der Waals surface area contributed by atoms with Crippen molar-refractivity contribution in [2.45, 2.75) is 38.1 Å². The summed E-state index contributed by atoms with van der Waals surface area (Å²) in [4.78, 5) is 1.20. The number of hydrogen-bond acceptors (Lipinski definition) is 3. The fourth-order valence-electron chi connectivity index (χ4n) is 2.42. The first-order chi connectivity index (χ1) is 7.33. The second kappa shape index (κ2) is 5.30. The lowest BCUT2D eigenvalue weighted by molar-refractivity contribution is 0.276. The minimum absolute atomic E-state index is 0.248. The Morgan fingerprint density at radius 2 is 2.13 bits per heavy atom. The van der Waals surface area contributed by atoms with Crippen molar-refractivity contribution >= 4 is 22.9 Å². The molecule has 0 aliphatic heterocycles. The van der Waals surface area contributed by atoms with Crippen molar-refractivity contribution in [3.8, 4) is 0 Å². The van der Waals surface area contributed by atoms with E-state index in [0.29, 0.717) is 5.92 Å². The number of thiophene rings is 1. The summed E-state index contributed by atoms with van der Waals surface area (Å²) < 4.78 is 0. The maximum absolute atomic E-state index is 6.15. The molecule has 1 fully saturated rings. The number of hydrazine groups is 1. The fraction of sp³-hybridized carbons (Fsp3) is 0.636. The minimum atomic E-state index is 0.248. The van der Waals surface area contributed by atoms with Crippen LogP contribution in [-0.4, -0.2) is 0 Å². The summed E-state index contributed by atoms with van der Waals surface area (Å²) in [6.45, 7) is 0. The molecule has 1 heterocycles. The Bertz CT molecular complexity index is 307. The highest BCUT2D eigenvalue weighted by Gasteiger charge is 2.26. The Kier molecular flexibility index (Phi) is 4.03. The summed E-state index contributed by atoms with van der Waals surface area (Å²) in [5.41, 5.74) is 2.94. The molecule has 2 rings (SSSR count). The number of nitrogens with two attached hydrogens (primary N) is 1. The predicted molar refractivity (Wildman–Crippen MR) is 66.0 cm³/mol. The number of nitrogens with one attached hydrogen (secondary N) is 1. The van der Waals surface area contributed by atoms with Crippen LogP contribution >= 0.6 is 22.9 Å². The molecule has 1 saturated carbocycles. The van der Waals surface area contributed by atoms with Crippen LogP contribution in [0.1, 0.15) is 43.0 Å². The first-order valence-electron chi connectivity index (χ1n) is 5.52. The molecule has 0 radical (unpaired) electrons. The molecule has 0 bridgehead atoms. The van der Waals surface area contributed by atoms with Gasteiger partial charge in [-0.2, -0.15) is 0 Å². The van der Waals surface area contributed by atoms with E-state index < -0.39 is 0 Å². The van der Waals surface area contributed by atoms with Crippen molar-refractivity contribution < 1.29 is 0 Å². The van der Waals surface area contributed by atoms with Crippen LogP contribution in [0.15, 0.2) is 11.4 Å². The molecule has 0 amide bonds. The van der Waals surface area contributed by atoms with Crippen LogP contribution < -0.4 is 11.3 Å². The van der Waals surface area contributed by atoms with E-state index in [0.717, 1.165) is 5.02 Å². The molecule has 1 aromatic heterocycles. The van der Waals surface area contributed by atoms with Gasteiger partial charge in [-0.25, -0.2) is 0 Å². The van der Waals surface area contributed by atoms with Gasteiger partial charge in [0.25, 0.3) is 0 Å². The molecule has 1 aromatic rings. The van der Waals surface area contributed by atoms with E-state index in [4.69, 9.17) is 17.4 Å². The van der Waals surface area contributed by atoms with Crippen LogP contribution in [0.5, 0.6) is 0 Å². The van der Waals surface area contributed by atoms with Crippen molar-refractivity contribution in [1.82, 2.24) is 5.43 Å². The molecule has 1 atom stereocenters. The van der Waals surface area contributed by atoms with Gasteiger partial charge in [-0.15, -0.1) is 11.3 Å². The predicted octanol–water partition coefficient (Wildman–Crippen LogP) is 3.49. The van der Waals surface area contributed by atoms with Crippen molar-refractivity contribution in [1.29, 1.82) is 0 Å². The number of rotatable bonds is 3. The largest absolute Gasteiger partial charge is 0.271 e. The van der Waals surface area contributed by atoms with Gasteiger partial charge in [0.05, 0.1) is 11.1 Å². The summed E-state index contributed by atoms with van der Waals surface area (Å²) in [6, 6.07) is 2.20. The first-order valence-corrected chi connectivity index (χ1v) is 6.77. The van der Waals surface area contributed by atoms with Crippen molar-refractivity contribution in [3.05, 3.63) is 21.3 Å². The van der Waals surface area contributed by atoms with Gasteiger partial charge < -0.3 is 0 Å². The molecule has 0 spiro atoms. The third-order valence-corrected chi connectivity index (χ3v) is 4.67. The summed E-state index contributed by atoms with van der Waals surface area (Å²) in [7, 11) is 0. The van der Waals surface area contributed by atoms with Crippen LogP contribution in [0.4, 0.5) is 0 Å². The Balaban J connectivity index is 2.12. The van der Waals surface area contributed by atoms with Crippen molar-refractivity contribution in [2.75, 3.05) is 0 Å². The molecule has 1 unspecified atom stereocenters. The van der Waals surface area contributed by atoms with Crippen LogP contribution in [0.2, 0.25) is 5.02 Å². The van der Waals surface area contributed by atoms with E-state index >= 15 is 0 Å². The molecule has 0 saturated heterocycles. The van der Waals surface area contributed by atoms with Gasteiger partial charge in [0, 0.05) is 4.88 Å². The average molecular weight is 245 g/mol. The van der Waals surface area contributed by atoms with Crippen LogP contribution in [0.3, 0.4) is 0 Å². The van der Waals surface area contributed by atoms with E-state index in [-0.39, 0.29) is 6.04 Å². The first kappa shape index (κ1) is 11.4. The Labute approximate surface area is 99.8 Å². The van der Waals surface area contributed by atoms with Gasteiger partial charge in [0.15, 0.2) is 0 Å². The molecule has 1 aliphatic carbocycles. The Hall–Kier alpha value is -0.0900. The lowest BCUT2D eigenvalue weighted by Gasteiger charge is -2.29. The molecule has 2 nitrogen and oxygen atoms in total. The van der Waals surface area contributed by atoms with Crippen LogP contribution in [0, 0.1) is 5.92 Å². The molecule has 3 N–H and O–H groups in total. The summed E-state index contributed by atoms with van der Waals surface area (Å²) >= 11 is 7.85. The lowest BCUT2D eigenvalue weighted by Crippen LogP contribution is -2.34. The summed E-state index contributed by atoms with van der Waals surface area (Å²) in [6.07, 6.45) is 6.55.